The van der Waals surface area contributed by atoms with Crippen molar-refractivity contribution in [3.05, 3.63) is 9.81 Å². The van der Waals surface area contributed by atoms with E-state index in [0.29, 0.717) is 57.2 Å². The van der Waals surface area contributed by atoms with Crippen LogP contribution in [0.15, 0.2) is 9.81 Å². The fourth-order valence-electron chi connectivity index (χ4n) is 4.99. The number of nitrogens with one attached hydrogen (secondary N) is 2. The number of hydrogen-bond acceptors (Lipinski definition) is 8. The summed E-state index contributed by atoms with van der Waals surface area (Å²) in [6, 6.07) is 0.551. The van der Waals surface area contributed by atoms with Crippen molar-refractivity contribution < 1.29 is 19.2 Å². The molecular formula is C24H32N4O4S4. The van der Waals surface area contributed by atoms with Gasteiger partial charge in [0, 0.05) is 38.0 Å². The molecule has 2 heterocycles. The average molecular weight is 569 g/mol. The maximum Gasteiger partial charge on any atom is 0.267 e. The van der Waals surface area contributed by atoms with Crippen molar-refractivity contribution in [2.45, 2.75) is 89.1 Å². The summed E-state index contributed by atoms with van der Waals surface area (Å²) in [5.41, 5.74) is 0. The van der Waals surface area contributed by atoms with E-state index in [2.05, 4.69) is 10.6 Å². The van der Waals surface area contributed by atoms with Crippen LogP contribution in [0.4, 0.5) is 0 Å². The lowest BCUT2D eigenvalue weighted by Gasteiger charge is -2.16. The number of amides is 4. The second-order valence-corrected chi connectivity index (χ2v) is 12.9. The third-order valence-electron chi connectivity index (χ3n) is 6.92. The topological polar surface area (TPSA) is 98.8 Å². The van der Waals surface area contributed by atoms with Gasteiger partial charge in [-0.05, 0) is 38.5 Å². The van der Waals surface area contributed by atoms with Crippen LogP contribution >= 0.6 is 48.0 Å². The highest BCUT2D eigenvalue weighted by molar-refractivity contribution is 8.29. The molecule has 2 aliphatic carbocycles. The van der Waals surface area contributed by atoms with E-state index >= 15 is 0 Å². The smallest absolute Gasteiger partial charge is 0.267 e. The van der Waals surface area contributed by atoms with Crippen molar-refractivity contribution in [1.82, 2.24) is 20.4 Å². The van der Waals surface area contributed by atoms with Crippen LogP contribution in [-0.4, -0.2) is 67.2 Å². The summed E-state index contributed by atoms with van der Waals surface area (Å²) in [4.78, 5) is 54.0. The van der Waals surface area contributed by atoms with Gasteiger partial charge in [0.15, 0.2) is 0 Å². The molecule has 0 spiro atoms. The van der Waals surface area contributed by atoms with Gasteiger partial charge in [-0.1, -0.05) is 73.6 Å². The van der Waals surface area contributed by atoms with Gasteiger partial charge in [0.05, 0.1) is 9.81 Å². The Labute approximate surface area is 231 Å². The highest BCUT2D eigenvalue weighted by atomic mass is 32.2. The number of carbonyl (C=O) groups excluding carboxylic acids is 4. The predicted molar refractivity (Wildman–Crippen MR) is 150 cm³/mol. The average Bonchev–Trinajstić information content (AvgIpc) is 3.63. The zero-order valence-corrected chi connectivity index (χ0v) is 23.5. The van der Waals surface area contributed by atoms with Crippen LogP contribution in [0.2, 0.25) is 0 Å². The molecule has 2 aliphatic heterocycles. The van der Waals surface area contributed by atoms with Crippen LogP contribution in [0.3, 0.4) is 0 Å². The first-order valence-electron chi connectivity index (χ1n) is 12.7. The van der Waals surface area contributed by atoms with Gasteiger partial charge in [0.1, 0.15) is 8.64 Å². The maximum absolute atomic E-state index is 13.1. The summed E-state index contributed by atoms with van der Waals surface area (Å²) in [6.07, 6.45) is 10.4. The van der Waals surface area contributed by atoms with Crippen LogP contribution in [0.1, 0.15) is 77.0 Å². The van der Waals surface area contributed by atoms with E-state index in [9.17, 15) is 19.2 Å². The quantitative estimate of drug-likeness (QED) is 0.305. The zero-order valence-electron chi connectivity index (χ0n) is 20.2. The van der Waals surface area contributed by atoms with Crippen molar-refractivity contribution in [1.29, 1.82) is 0 Å². The molecule has 2 saturated heterocycles. The molecule has 0 radical (unpaired) electrons. The Balaban J connectivity index is 1.25. The Kier molecular flexibility index (Phi) is 9.82. The standard InChI is InChI=1S/C24H32N4O4S4/c29-17(25-15-7-1-2-8-15)11-5-13-27-21(31)19(35-23(27)33)20-22(32)28(24(34)36-20)14-6-12-18(30)26-16-9-3-4-10-16/h15-16H,1-14H2,(H,25,29)(H,26,30)/b20-19+. The highest BCUT2D eigenvalue weighted by Crippen LogP contribution is 2.42. The van der Waals surface area contributed by atoms with Crippen LogP contribution in [0, 0.1) is 0 Å². The first-order chi connectivity index (χ1) is 17.3. The Morgan fingerprint density at radius 3 is 1.44 bits per heavy atom. The summed E-state index contributed by atoms with van der Waals surface area (Å²) < 4.78 is 0.778. The van der Waals surface area contributed by atoms with Gasteiger partial charge in [-0.2, -0.15) is 0 Å². The first kappa shape index (κ1) is 27.5. The molecule has 0 aromatic carbocycles. The lowest BCUT2D eigenvalue weighted by atomic mass is 10.2. The minimum absolute atomic E-state index is 0.00476. The van der Waals surface area contributed by atoms with Gasteiger partial charge in [-0.15, -0.1) is 0 Å². The number of rotatable bonds is 10. The number of thioether (sulfide) groups is 2. The molecule has 0 bridgehead atoms. The zero-order chi connectivity index (χ0) is 25.7. The molecule has 4 fully saturated rings. The van der Waals surface area contributed by atoms with E-state index in [1.54, 1.807) is 0 Å². The van der Waals surface area contributed by atoms with Crippen molar-refractivity contribution in [3.63, 3.8) is 0 Å². The normalized spacial score (nSPS) is 23.4. The summed E-state index contributed by atoms with van der Waals surface area (Å²) in [5, 5.41) is 6.11. The second-order valence-electron chi connectivity index (χ2n) is 9.61. The molecule has 196 valence electrons. The molecule has 0 aromatic rings. The van der Waals surface area contributed by atoms with Gasteiger partial charge < -0.3 is 10.6 Å². The van der Waals surface area contributed by atoms with E-state index in [1.165, 1.54) is 9.80 Å². The lowest BCUT2D eigenvalue weighted by molar-refractivity contribution is -0.125. The lowest BCUT2D eigenvalue weighted by Crippen LogP contribution is -2.34. The SMILES string of the molecule is O=C(CCCN1C(=O)/C(=C2\SC(=S)N(CCCC(=O)NC3CCCC3)C2=O)SC1=S)NC1CCCC1. The fraction of sp³-hybridized carbons (Fsp3) is 0.667. The van der Waals surface area contributed by atoms with Crippen molar-refractivity contribution in [2.75, 3.05) is 13.1 Å². The second kappa shape index (κ2) is 12.8. The molecule has 2 N–H and O–H groups in total. The molecular weight excluding hydrogens is 537 g/mol. The molecule has 8 nitrogen and oxygen atoms in total. The van der Waals surface area contributed by atoms with Crippen LogP contribution in [0.25, 0.3) is 0 Å². The van der Waals surface area contributed by atoms with Crippen molar-refractivity contribution in [3.8, 4) is 0 Å². The summed E-state index contributed by atoms with van der Waals surface area (Å²) >= 11 is 13.0. The Bertz CT molecular complexity index is 897. The van der Waals surface area contributed by atoms with E-state index in [0.717, 1.165) is 74.9 Å². The van der Waals surface area contributed by atoms with E-state index < -0.39 is 0 Å². The number of thiocarbonyl (C=S) groups is 2. The van der Waals surface area contributed by atoms with E-state index in [-0.39, 0.29) is 35.7 Å². The third kappa shape index (κ3) is 6.87. The molecule has 0 aromatic heterocycles. The van der Waals surface area contributed by atoms with Crippen molar-refractivity contribution >= 4 is 80.2 Å². The maximum atomic E-state index is 13.1. The Morgan fingerprint density at radius 2 is 1.08 bits per heavy atom. The number of nitrogens with zero attached hydrogens (tertiary/aromatic N) is 2. The molecule has 2 saturated carbocycles. The number of hydrogen-bond donors (Lipinski definition) is 2. The van der Waals surface area contributed by atoms with Gasteiger partial charge in [-0.3, -0.25) is 29.0 Å². The van der Waals surface area contributed by atoms with Crippen LogP contribution < -0.4 is 10.6 Å². The molecule has 4 amide bonds. The Hall–Kier alpha value is -1.50. The van der Waals surface area contributed by atoms with Gasteiger partial charge >= 0.3 is 0 Å². The summed E-state index contributed by atoms with van der Waals surface area (Å²) in [5.74, 6) is -0.606. The molecule has 36 heavy (non-hydrogen) atoms. The molecule has 4 rings (SSSR count). The van der Waals surface area contributed by atoms with Crippen LogP contribution in [0.5, 0.6) is 0 Å². The highest BCUT2D eigenvalue weighted by Gasteiger charge is 2.41. The first-order valence-corrected chi connectivity index (χ1v) is 15.2. The summed E-state index contributed by atoms with van der Waals surface area (Å²) in [7, 11) is 0. The van der Waals surface area contributed by atoms with Crippen molar-refractivity contribution in [2.24, 2.45) is 0 Å². The van der Waals surface area contributed by atoms with Gasteiger partial charge in [-0.25, -0.2) is 0 Å². The Morgan fingerprint density at radius 1 is 0.722 bits per heavy atom. The van der Waals surface area contributed by atoms with Gasteiger partial charge in [0.25, 0.3) is 11.8 Å². The largest absolute Gasteiger partial charge is 0.353 e. The molecule has 12 heteroatoms. The van der Waals surface area contributed by atoms with E-state index in [1.807, 2.05) is 0 Å². The monoisotopic (exact) mass is 568 g/mol. The molecule has 0 unspecified atom stereocenters. The number of carbonyl (C=O) groups is 4. The third-order valence-corrected chi connectivity index (χ3v) is 9.94. The van der Waals surface area contributed by atoms with Gasteiger partial charge in [0.2, 0.25) is 11.8 Å². The molecule has 0 atom stereocenters. The van der Waals surface area contributed by atoms with E-state index in [4.69, 9.17) is 24.4 Å². The molecule has 4 aliphatic rings. The minimum Gasteiger partial charge on any atom is -0.353 e. The van der Waals surface area contributed by atoms with Crippen LogP contribution in [-0.2, 0) is 19.2 Å². The minimum atomic E-state index is -0.308. The fourth-order valence-corrected chi connectivity index (χ4v) is 7.76. The predicted octanol–water partition coefficient (Wildman–Crippen LogP) is 3.60. The summed E-state index contributed by atoms with van der Waals surface area (Å²) in [6.45, 7) is 0.672.